The number of carbonyl (C=O) groups is 1. The van der Waals surface area contributed by atoms with E-state index in [2.05, 4.69) is 0 Å². The van der Waals surface area contributed by atoms with Crippen LogP contribution >= 0.6 is 12.4 Å². The summed E-state index contributed by atoms with van der Waals surface area (Å²) in [5.74, 6) is -2.40. The number of nitrogens with zero attached hydrogens (tertiary/aromatic N) is 1. The van der Waals surface area contributed by atoms with E-state index >= 15 is 0 Å². The molecule has 0 saturated carbocycles. The summed E-state index contributed by atoms with van der Waals surface area (Å²) < 4.78 is 32.4. The number of halogens is 3. The first-order valence-electron chi connectivity index (χ1n) is 8.10. The summed E-state index contributed by atoms with van der Waals surface area (Å²) >= 11 is 0. The van der Waals surface area contributed by atoms with Gasteiger partial charge in [-0.25, -0.2) is 13.6 Å². The monoisotopic (exact) mass is 385 g/mol. The Morgan fingerprint density at radius 1 is 1.15 bits per heavy atom. The molecular formula is C19H22ClF2NO3. The molecule has 1 unspecified atom stereocenters. The smallest absolute Gasteiger partial charge is 0.343 e. The number of ether oxygens (including phenoxy) is 1. The number of hydrogen-bond acceptors (Lipinski definition) is 4. The third kappa shape index (κ3) is 4.93. The Kier molecular flexibility index (Phi) is 7.99. The molecule has 0 aromatic heterocycles. The van der Waals surface area contributed by atoms with E-state index in [1.807, 2.05) is 18.7 Å². The van der Waals surface area contributed by atoms with Gasteiger partial charge < -0.3 is 9.84 Å². The Balaban J connectivity index is 0.00000338. The van der Waals surface area contributed by atoms with Crippen molar-refractivity contribution in [1.82, 2.24) is 4.90 Å². The number of aromatic hydroxyl groups is 1. The van der Waals surface area contributed by atoms with E-state index in [0.717, 1.165) is 12.1 Å². The highest BCUT2D eigenvalue weighted by molar-refractivity contribution is 5.94. The molecule has 4 nitrogen and oxygen atoms in total. The first kappa shape index (κ1) is 21.9. The van der Waals surface area contributed by atoms with Crippen LogP contribution in [0.4, 0.5) is 8.78 Å². The fourth-order valence-corrected chi connectivity index (χ4v) is 2.62. The van der Waals surface area contributed by atoms with Gasteiger partial charge in [-0.1, -0.05) is 19.9 Å². The minimum atomic E-state index is -0.749. The average molecular weight is 386 g/mol. The van der Waals surface area contributed by atoms with E-state index in [1.54, 1.807) is 6.92 Å². The summed E-state index contributed by atoms with van der Waals surface area (Å²) in [5.41, 5.74) is 0.408. The van der Waals surface area contributed by atoms with Crippen LogP contribution < -0.4 is 0 Å². The molecule has 0 heterocycles. The third-order valence-electron chi connectivity index (χ3n) is 4.06. The normalized spacial score (nSPS) is 11.8. The van der Waals surface area contributed by atoms with Crippen LogP contribution in [0.1, 0.15) is 31.1 Å². The van der Waals surface area contributed by atoms with Crippen LogP contribution in [0.15, 0.2) is 36.4 Å². The Labute approximate surface area is 157 Å². The molecule has 1 atom stereocenters. The number of benzene rings is 2. The molecule has 0 spiro atoms. The lowest BCUT2D eigenvalue weighted by atomic mass is 10.0. The van der Waals surface area contributed by atoms with Gasteiger partial charge in [0.2, 0.25) is 0 Å². The van der Waals surface area contributed by atoms with Crippen molar-refractivity contribution in [3.05, 3.63) is 53.6 Å². The van der Waals surface area contributed by atoms with Crippen molar-refractivity contribution < 1.29 is 23.4 Å². The van der Waals surface area contributed by atoms with E-state index in [4.69, 9.17) is 4.74 Å². The number of phenols is 1. The van der Waals surface area contributed by atoms with Gasteiger partial charge in [-0.3, -0.25) is 4.90 Å². The van der Waals surface area contributed by atoms with Crippen molar-refractivity contribution in [2.45, 2.75) is 27.0 Å². The first-order chi connectivity index (χ1) is 11.9. The number of esters is 1. The number of rotatable bonds is 6. The molecule has 0 aliphatic heterocycles. The van der Waals surface area contributed by atoms with Gasteiger partial charge in [-0.2, -0.15) is 0 Å². The van der Waals surface area contributed by atoms with Crippen molar-refractivity contribution in [2.24, 2.45) is 0 Å². The average Bonchev–Trinajstić information content (AvgIpc) is 2.56. The van der Waals surface area contributed by atoms with Gasteiger partial charge in [0.05, 0.1) is 0 Å². The number of phenolic OH excluding ortho intramolecular Hbond substituents is 1. The van der Waals surface area contributed by atoms with Crippen LogP contribution in [-0.4, -0.2) is 35.3 Å². The number of hydrogen-bond donors (Lipinski definition) is 1. The van der Waals surface area contributed by atoms with Crippen molar-refractivity contribution in [3.63, 3.8) is 0 Å². The molecule has 2 aromatic carbocycles. The molecule has 0 amide bonds. The predicted molar refractivity (Wildman–Crippen MR) is 98.5 cm³/mol. The summed E-state index contributed by atoms with van der Waals surface area (Å²) in [4.78, 5) is 14.3. The van der Waals surface area contributed by atoms with Crippen LogP contribution in [0.2, 0.25) is 0 Å². The second kappa shape index (κ2) is 9.50. The van der Waals surface area contributed by atoms with E-state index in [-0.39, 0.29) is 29.3 Å². The summed E-state index contributed by atoms with van der Waals surface area (Å²) in [6.45, 7) is 7.05. The minimum absolute atomic E-state index is 0. The maximum atomic E-state index is 14.0. The number of carbonyl (C=O) groups excluding carboxylic acids is 1. The lowest BCUT2D eigenvalue weighted by Gasteiger charge is -2.26. The molecule has 2 rings (SSSR count). The Bertz CT molecular complexity index is 766. The fraction of sp³-hybridized carbons (Fsp3) is 0.316. The molecule has 2 aromatic rings. The SMILES string of the molecule is CCN(CC)C(C)OC(=O)c1cc(-c2ccc(F)cc2F)ccc1O.Cl. The van der Waals surface area contributed by atoms with Crippen LogP contribution in [0.5, 0.6) is 5.75 Å². The van der Waals surface area contributed by atoms with E-state index in [1.165, 1.54) is 24.3 Å². The molecule has 0 fully saturated rings. The Hall–Kier alpha value is -2.18. The zero-order valence-electron chi connectivity index (χ0n) is 14.8. The van der Waals surface area contributed by atoms with Gasteiger partial charge in [0.25, 0.3) is 0 Å². The highest BCUT2D eigenvalue weighted by Crippen LogP contribution is 2.29. The summed E-state index contributed by atoms with van der Waals surface area (Å²) in [6.07, 6.45) is -0.465. The van der Waals surface area contributed by atoms with Gasteiger partial charge >= 0.3 is 5.97 Å². The highest BCUT2D eigenvalue weighted by atomic mass is 35.5. The zero-order chi connectivity index (χ0) is 18.6. The van der Waals surface area contributed by atoms with Crippen LogP contribution in [0, 0.1) is 11.6 Å². The molecule has 0 radical (unpaired) electrons. The van der Waals surface area contributed by atoms with Crippen LogP contribution in [0.25, 0.3) is 11.1 Å². The van der Waals surface area contributed by atoms with Gasteiger partial charge in [-0.15, -0.1) is 12.4 Å². The second-order valence-corrected chi connectivity index (χ2v) is 5.58. The Morgan fingerprint density at radius 2 is 1.81 bits per heavy atom. The highest BCUT2D eigenvalue weighted by Gasteiger charge is 2.20. The van der Waals surface area contributed by atoms with E-state index in [0.29, 0.717) is 18.7 Å². The standard InChI is InChI=1S/C19H21F2NO3.ClH/c1-4-22(5-2)12(3)25-19(24)16-10-13(6-9-18(16)23)15-8-7-14(20)11-17(15)21;/h6-12,23H,4-5H2,1-3H3;1H. The first-order valence-corrected chi connectivity index (χ1v) is 8.10. The molecule has 0 aliphatic rings. The summed E-state index contributed by atoms with van der Waals surface area (Å²) in [7, 11) is 0. The topological polar surface area (TPSA) is 49.8 Å². The van der Waals surface area contributed by atoms with Crippen molar-refractivity contribution in [1.29, 1.82) is 0 Å². The van der Waals surface area contributed by atoms with Gasteiger partial charge in [0.15, 0.2) is 6.23 Å². The molecular weight excluding hydrogens is 364 g/mol. The van der Waals surface area contributed by atoms with Crippen molar-refractivity contribution in [2.75, 3.05) is 13.1 Å². The van der Waals surface area contributed by atoms with Crippen molar-refractivity contribution >= 4 is 18.4 Å². The molecule has 0 saturated heterocycles. The molecule has 142 valence electrons. The van der Waals surface area contributed by atoms with Gasteiger partial charge in [0, 0.05) is 11.6 Å². The van der Waals surface area contributed by atoms with Gasteiger partial charge in [0.1, 0.15) is 22.9 Å². The predicted octanol–water partition coefficient (Wildman–Crippen LogP) is 4.60. The third-order valence-corrected chi connectivity index (χ3v) is 4.06. The quantitative estimate of drug-likeness (QED) is 0.583. The Morgan fingerprint density at radius 3 is 2.38 bits per heavy atom. The fourth-order valence-electron chi connectivity index (χ4n) is 2.62. The molecule has 7 heteroatoms. The van der Waals surface area contributed by atoms with Crippen molar-refractivity contribution in [3.8, 4) is 16.9 Å². The maximum absolute atomic E-state index is 14.0. The van der Waals surface area contributed by atoms with Gasteiger partial charge in [-0.05, 0) is 49.8 Å². The lowest BCUT2D eigenvalue weighted by Crippen LogP contribution is -2.36. The lowest BCUT2D eigenvalue weighted by molar-refractivity contribution is -0.0198. The van der Waals surface area contributed by atoms with Crippen LogP contribution in [-0.2, 0) is 4.74 Å². The van der Waals surface area contributed by atoms with E-state index in [9.17, 15) is 18.7 Å². The van der Waals surface area contributed by atoms with Crippen LogP contribution in [0.3, 0.4) is 0 Å². The zero-order valence-corrected chi connectivity index (χ0v) is 15.6. The second-order valence-electron chi connectivity index (χ2n) is 5.58. The molecule has 26 heavy (non-hydrogen) atoms. The van der Waals surface area contributed by atoms with E-state index < -0.39 is 23.8 Å². The maximum Gasteiger partial charge on any atom is 0.343 e. The summed E-state index contributed by atoms with van der Waals surface area (Å²) in [6, 6.07) is 7.26. The largest absolute Gasteiger partial charge is 0.507 e. The molecule has 1 N–H and O–H groups in total. The minimum Gasteiger partial charge on any atom is -0.507 e. The summed E-state index contributed by atoms with van der Waals surface area (Å²) in [5, 5.41) is 9.96. The molecule has 0 bridgehead atoms. The molecule has 0 aliphatic carbocycles.